The highest BCUT2D eigenvalue weighted by atomic mass is 32.2. The summed E-state index contributed by atoms with van der Waals surface area (Å²) in [4.78, 5) is 29.8. The number of aryl methyl sites for hydroxylation is 2. The van der Waals surface area contributed by atoms with Crippen LogP contribution in [0, 0.1) is 13.8 Å². The molecule has 0 bridgehead atoms. The van der Waals surface area contributed by atoms with Crippen LogP contribution in [0.15, 0.2) is 83.8 Å². The van der Waals surface area contributed by atoms with Gasteiger partial charge in [-0.05, 0) is 49.1 Å². The number of rotatable bonds is 11. The van der Waals surface area contributed by atoms with Gasteiger partial charge in [0.15, 0.2) is 0 Å². The van der Waals surface area contributed by atoms with Crippen molar-refractivity contribution in [3.8, 4) is 0 Å². The molecule has 0 spiro atoms. The molecular formula is C29H34N2O2S. The lowest BCUT2D eigenvalue weighted by Crippen LogP contribution is -2.51. The topological polar surface area (TPSA) is 49.4 Å². The molecule has 2 amide bonds. The largest absolute Gasteiger partial charge is 0.354 e. The zero-order chi connectivity index (χ0) is 24.3. The van der Waals surface area contributed by atoms with Crippen LogP contribution in [0.4, 0.5) is 0 Å². The van der Waals surface area contributed by atoms with Crippen LogP contribution in [-0.4, -0.2) is 35.1 Å². The quantitative estimate of drug-likeness (QED) is 0.370. The molecule has 4 nitrogen and oxygen atoms in total. The summed E-state index contributed by atoms with van der Waals surface area (Å²) >= 11 is 1.51. The molecule has 0 heterocycles. The first-order valence-electron chi connectivity index (χ1n) is 11.8. The minimum atomic E-state index is -0.584. The molecular weight excluding hydrogens is 440 g/mol. The summed E-state index contributed by atoms with van der Waals surface area (Å²) in [6.07, 6.45) is 1.32. The van der Waals surface area contributed by atoms with Crippen LogP contribution in [0.3, 0.4) is 0 Å². The highest BCUT2D eigenvalue weighted by Crippen LogP contribution is 2.22. The number of nitrogens with zero attached hydrogens (tertiary/aromatic N) is 1. The SMILES string of the molecule is CCCNC(=O)[C@@H](Cc1ccccc1)N(Cc1ccccc1C)C(=O)CSc1ccc(C)cc1. The van der Waals surface area contributed by atoms with Gasteiger partial charge < -0.3 is 10.2 Å². The molecule has 5 heteroatoms. The number of amides is 2. The fourth-order valence-electron chi connectivity index (χ4n) is 3.75. The molecule has 0 fully saturated rings. The Kier molecular flexibility index (Phi) is 9.77. The Bertz CT molecular complexity index is 1070. The van der Waals surface area contributed by atoms with E-state index in [1.165, 1.54) is 17.3 Å². The van der Waals surface area contributed by atoms with Gasteiger partial charge in [0.2, 0.25) is 11.8 Å². The first-order valence-corrected chi connectivity index (χ1v) is 12.8. The van der Waals surface area contributed by atoms with E-state index in [0.717, 1.165) is 28.0 Å². The molecule has 0 saturated carbocycles. The van der Waals surface area contributed by atoms with Crippen LogP contribution in [0.5, 0.6) is 0 Å². The Balaban J connectivity index is 1.89. The third-order valence-electron chi connectivity index (χ3n) is 5.81. The maximum Gasteiger partial charge on any atom is 0.243 e. The summed E-state index contributed by atoms with van der Waals surface area (Å²) in [6, 6.07) is 25.6. The number of hydrogen-bond acceptors (Lipinski definition) is 3. The number of thioether (sulfide) groups is 1. The molecule has 0 radical (unpaired) electrons. The van der Waals surface area contributed by atoms with Gasteiger partial charge in [-0.2, -0.15) is 0 Å². The minimum absolute atomic E-state index is 0.0404. The van der Waals surface area contributed by atoms with Gasteiger partial charge in [0, 0.05) is 24.4 Å². The van der Waals surface area contributed by atoms with Gasteiger partial charge >= 0.3 is 0 Å². The van der Waals surface area contributed by atoms with E-state index in [-0.39, 0.29) is 17.6 Å². The molecule has 0 aliphatic rings. The van der Waals surface area contributed by atoms with E-state index in [1.807, 2.05) is 99.6 Å². The summed E-state index contributed by atoms with van der Waals surface area (Å²) in [5.41, 5.74) is 4.39. The average Bonchev–Trinajstić information content (AvgIpc) is 2.85. The Morgan fingerprint density at radius 3 is 2.26 bits per heavy atom. The number of hydrogen-bond donors (Lipinski definition) is 1. The number of carbonyl (C=O) groups is 2. The van der Waals surface area contributed by atoms with Gasteiger partial charge in [0.05, 0.1) is 5.75 Å². The molecule has 0 aliphatic carbocycles. The smallest absolute Gasteiger partial charge is 0.243 e. The normalized spacial score (nSPS) is 11.6. The van der Waals surface area contributed by atoms with Gasteiger partial charge in [0.1, 0.15) is 6.04 Å². The minimum Gasteiger partial charge on any atom is -0.354 e. The van der Waals surface area contributed by atoms with Crippen LogP contribution in [-0.2, 0) is 22.6 Å². The van der Waals surface area contributed by atoms with E-state index in [1.54, 1.807) is 4.90 Å². The Morgan fingerprint density at radius 2 is 1.59 bits per heavy atom. The molecule has 0 unspecified atom stereocenters. The molecule has 0 saturated heterocycles. The summed E-state index contributed by atoms with van der Waals surface area (Å²) in [5, 5.41) is 3.03. The molecule has 3 rings (SSSR count). The van der Waals surface area contributed by atoms with E-state index < -0.39 is 6.04 Å². The van der Waals surface area contributed by atoms with Crippen molar-refractivity contribution in [2.24, 2.45) is 0 Å². The van der Waals surface area contributed by atoms with Crippen molar-refractivity contribution in [1.82, 2.24) is 10.2 Å². The fourth-order valence-corrected chi connectivity index (χ4v) is 4.54. The molecule has 1 N–H and O–H groups in total. The van der Waals surface area contributed by atoms with Crippen molar-refractivity contribution >= 4 is 23.6 Å². The first-order chi connectivity index (χ1) is 16.5. The third kappa shape index (κ3) is 7.49. The lowest BCUT2D eigenvalue weighted by Gasteiger charge is -2.32. The van der Waals surface area contributed by atoms with E-state index in [2.05, 4.69) is 5.32 Å². The fraction of sp³-hybridized carbons (Fsp3) is 0.310. The average molecular weight is 475 g/mol. The molecule has 3 aromatic carbocycles. The first kappa shape index (κ1) is 25.6. The highest BCUT2D eigenvalue weighted by molar-refractivity contribution is 8.00. The van der Waals surface area contributed by atoms with Crippen LogP contribution >= 0.6 is 11.8 Å². The molecule has 0 aliphatic heterocycles. The lowest BCUT2D eigenvalue weighted by atomic mass is 10.0. The van der Waals surface area contributed by atoms with Crippen LogP contribution in [0.25, 0.3) is 0 Å². The van der Waals surface area contributed by atoms with E-state index >= 15 is 0 Å². The maximum absolute atomic E-state index is 13.6. The standard InChI is InChI=1S/C29H34N2O2S/c1-4-18-30-29(33)27(19-24-11-6-5-7-12-24)31(20-25-13-9-8-10-23(25)3)28(32)21-34-26-16-14-22(2)15-17-26/h5-17,27H,4,18-21H2,1-3H3,(H,30,33)/t27-/m1/s1. The zero-order valence-corrected chi connectivity index (χ0v) is 21.1. The van der Waals surface area contributed by atoms with Gasteiger partial charge in [-0.25, -0.2) is 0 Å². The van der Waals surface area contributed by atoms with Crippen molar-refractivity contribution in [2.75, 3.05) is 12.3 Å². The Labute approximate surface area is 207 Å². The van der Waals surface area contributed by atoms with Gasteiger partial charge in [-0.1, -0.05) is 79.2 Å². The van der Waals surface area contributed by atoms with Crippen LogP contribution in [0.1, 0.15) is 35.6 Å². The van der Waals surface area contributed by atoms with Crippen molar-refractivity contribution in [3.05, 3.63) is 101 Å². The van der Waals surface area contributed by atoms with Crippen molar-refractivity contribution in [1.29, 1.82) is 0 Å². The summed E-state index contributed by atoms with van der Waals surface area (Å²) in [6.45, 7) is 7.11. The highest BCUT2D eigenvalue weighted by Gasteiger charge is 2.30. The van der Waals surface area contributed by atoms with Gasteiger partial charge in [0.25, 0.3) is 0 Å². The summed E-state index contributed by atoms with van der Waals surface area (Å²) in [7, 11) is 0. The predicted molar refractivity (Wildman–Crippen MR) is 141 cm³/mol. The van der Waals surface area contributed by atoms with Crippen LogP contribution in [0.2, 0.25) is 0 Å². The predicted octanol–water partition coefficient (Wildman–Crippen LogP) is 5.56. The third-order valence-corrected chi connectivity index (χ3v) is 6.80. The number of carbonyl (C=O) groups excluding carboxylic acids is 2. The van der Waals surface area contributed by atoms with Crippen LogP contribution < -0.4 is 5.32 Å². The molecule has 178 valence electrons. The van der Waals surface area contributed by atoms with E-state index in [0.29, 0.717) is 19.5 Å². The second-order valence-electron chi connectivity index (χ2n) is 8.55. The van der Waals surface area contributed by atoms with E-state index in [4.69, 9.17) is 0 Å². The lowest BCUT2D eigenvalue weighted by molar-refractivity contribution is -0.139. The van der Waals surface area contributed by atoms with Crippen molar-refractivity contribution in [3.63, 3.8) is 0 Å². The number of benzene rings is 3. The maximum atomic E-state index is 13.6. The second kappa shape index (κ2) is 13.0. The Hall–Kier alpha value is -3.05. The Morgan fingerprint density at radius 1 is 0.912 bits per heavy atom. The van der Waals surface area contributed by atoms with E-state index in [9.17, 15) is 9.59 Å². The van der Waals surface area contributed by atoms with Crippen molar-refractivity contribution < 1.29 is 9.59 Å². The molecule has 34 heavy (non-hydrogen) atoms. The zero-order valence-electron chi connectivity index (χ0n) is 20.3. The van der Waals surface area contributed by atoms with Gasteiger partial charge in [-0.15, -0.1) is 11.8 Å². The monoisotopic (exact) mass is 474 g/mol. The molecule has 1 atom stereocenters. The second-order valence-corrected chi connectivity index (χ2v) is 9.60. The van der Waals surface area contributed by atoms with Crippen molar-refractivity contribution in [2.45, 2.75) is 51.1 Å². The summed E-state index contributed by atoms with van der Waals surface area (Å²) in [5.74, 6) is 0.135. The molecule has 3 aromatic rings. The number of nitrogens with one attached hydrogen (secondary N) is 1. The molecule has 0 aromatic heterocycles. The summed E-state index contributed by atoms with van der Waals surface area (Å²) < 4.78 is 0. The van der Waals surface area contributed by atoms with Gasteiger partial charge in [-0.3, -0.25) is 9.59 Å².